The molecule has 0 aliphatic carbocycles. The van der Waals surface area contributed by atoms with Crippen LogP contribution in [-0.4, -0.2) is 63.5 Å². The lowest BCUT2D eigenvalue weighted by Gasteiger charge is -2.29. The number of carbonyl (C=O) groups excluding carboxylic acids is 1. The Labute approximate surface area is 192 Å². The fraction of sp³-hybridized carbons (Fsp3) is 0.250. The standard InChI is InChI=1S/C24H24N4O4S/c1-26(2)17-18(16-25)24(29)23-15-20-21(27-11-13-32-14-12-27)9-6-10-22(20)28(23)33(30,31)19-7-4-3-5-8-19/h3-10,15,17H,11-14H2,1-2H3/b18-17+. The summed E-state index contributed by atoms with van der Waals surface area (Å²) in [7, 11) is -0.729. The molecule has 33 heavy (non-hydrogen) atoms. The molecule has 0 radical (unpaired) electrons. The average molecular weight is 465 g/mol. The zero-order valence-corrected chi connectivity index (χ0v) is 19.2. The van der Waals surface area contributed by atoms with Crippen LogP contribution in [0, 0.1) is 11.3 Å². The summed E-state index contributed by atoms with van der Waals surface area (Å²) < 4.78 is 33.9. The predicted octanol–water partition coefficient (Wildman–Crippen LogP) is 2.87. The molecular formula is C24H24N4O4S. The van der Waals surface area contributed by atoms with Crippen LogP contribution in [0.2, 0.25) is 0 Å². The van der Waals surface area contributed by atoms with Crippen LogP contribution in [0.15, 0.2) is 71.3 Å². The Kier molecular flexibility index (Phi) is 6.22. The first-order chi connectivity index (χ1) is 15.8. The fourth-order valence-electron chi connectivity index (χ4n) is 3.92. The molecule has 1 aliphatic heterocycles. The minimum atomic E-state index is -4.11. The zero-order chi connectivity index (χ0) is 23.6. The number of carbonyl (C=O) groups is 1. The summed E-state index contributed by atoms with van der Waals surface area (Å²) in [6.07, 6.45) is 1.39. The van der Waals surface area contributed by atoms with Gasteiger partial charge in [-0.05, 0) is 30.3 Å². The highest BCUT2D eigenvalue weighted by atomic mass is 32.2. The summed E-state index contributed by atoms with van der Waals surface area (Å²) in [5.41, 5.74) is 0.972. The summed E-state index contributed by atoms with van der Waals surface area (Å²) in [5.74, 6) is -0.658. The van der Waals surface area contributed by atoms with Gasteiger partial charge in [0, 0.05) is 44.5 Å². The van der Waals surface area contributed by atoms with Gasteiger partial charge in [0.1, 0.15) is 17.3 Å². The van der Waals surface area contributed by atoms with E-state index >= 15 is 0 Å². The first-order valence-electron chi connectivity index (χ1n) is 10.5. The van der Waals surface area contributed by atoms with E-state index in [4.69, 9.17) is 4.74 Å². The molecule has 1 aromatic heterocycles. The van der Waals surface area contributed by atoms with Crippen molar-refractivity contribution in [2.45, 2.75) is 4.90 Å². The van der Waals surface area contributed by atoms with Crippen molar-refractivity contribution in [2.24, 2.45) is 0 Å². The number of hydrogen-bond acceptors (Lipinski definition) is 7. The molecule has 8 nitrogen and oxygen atoms in total. The minimum absolute atomic E-state index is 0.0587. The van der Waals surface area contributed by atoms with Crippen LogP contribution < -0.4 is 4.90 Å². The molecule has 2 heterocycles. The maximum absolute atomic E-state index is 13.7. The number of allylic oxidation sites excluding steroid dienone is 1. The number of ketones is 1. The first-order valence-corrected chi connectivity index (χ1v) is 11.9. The number of anilines is 1. The quantitative estimate of drug-likeness (QED) is 0.314. The number of Topliss-reactive ketones (excluding diaryl/α,β-unsaturated/α-hetero) is 1. The van der Waals surface area contributed by atoms with Gasteiger partial charge in [0.15, 0.2) is 0 Å². The molecule has 0 amide bonds. The van der Waals surface area contributed by atoms with Crippen molar-refractivity contribution in [3.05, 3.63) is 72.1 Å². The number of nitrogens with zero attached hydrogens (tertiary/aromatic N) is 4. The third-order valence-corrected chi connectivity index (χ3v) is 7.14. The second-order valence-corrected chi connectivity index (χ2v) is 9.66. The van der Waals surface area contributed by atoms with Gasteiger partial charge < -0.3 is 14.5 Å². The highest BCUT2D eigenvalue weighted by molar-refractivity contribution is 7.90. The summed E-state index contributed by atoms with van der Waals surface area (Å²) >= 11 is 0. The molecule has 0 atom stereocenters. The van der Waals surface area contributed by atoms with Gasteiger partial charge in [-0.2, -0.15) is 5.26 Å². The molecule has 170 valence electrons. The van der Waals surface area contributed by atoms with Crippen molar-refractivity contribution in [1.82, 2.24) is 8.87 Å². The van der Waals surface area contributed by atoms with Crippen molar-refractivity contribution < 1.29 is 17.9 Å². The summed E-state index contributed by atoms with van der Waals surface area (Å²) in [6.45, 7) is 2.44. The molecular weight excluding hydrogens is 440 g/mol. The van der Waals surface area contributed by atoms with Gasteiger partial charge in [0.25, 0.3) is 10.0 Å². The van der Waals surface area contributed by atoms with Crippen LogP contribution >= 0.6 is 0 Å². The predicted molar refractivity (Wildman–Crippen MR) is 126 cm³/mol. The molecule has 0 saturated carbocycles. The van der Waals surface area contributed by atoms with Crippen molar-refractivity contribution >= 4 is 32.4 Å². The number of rotatable bonds is 6. The number of ether oxygens (including phenoxy) is 1. The Bertz CT molecular complexity index is 1360. The second kappa shape index (κ2) is 9.10. The van der Waals surface area contributed by atoms with Gasteiger partial charge in [0.05, 0.1) is 23.6 Å². The molecule has 1 aliphatic rings. The van der Waals surface area contributed by atoms with E-state index < -0.39 is 15.8 Å². The number of benzene rings is 2. The van der Waals surface area contributed by atoms with E-state index in [2.05, 4.69) is 4.90 Å². The SMILES string of the molecule is CN(C)/C=C(\C#N)C(=O)c1cc2c(N3CCOCC3)cccc2n1S(=O)(=O)c1ccccc1. The molecule has 0 spiro atoms. The highest BCUT2D eigenvalue weighted by Crippen LogP contribution is 2.34. The van der Waals surface area contributed by atoms with Crippen LogP contribution in [0.5, 0.6) is 0 Å². The Morgan fingerprint density at radius 2 is 1.79 bits per heavy atom. The Balaban J connectivity index is 2.01. The molecule has 4 rings (SSSR count). The van der Waals surface area contributed by atoms with E-state index in [-0.39, 0.29) is 16.2 Å². The van der Waals surface area contributed by atoms with Crippen LogP contribution in [-0.2, 0) is 14.8 Å². The number of morpholine rings is 1. The van der Waals surface area contributed by atoms with Gasteiger partial charge in [-0.15, -0.1) is 0 Å². The largest absolute Gasteiger partial charge is 0.382 e. The summed E-state index contributed by atoms with van der Waals surface area (Å²) in [4.78, 5) is 17.2. The lowest BCUT2D eigenvalue weighted by Crippen LogP contribution is -2.36. The third-order valence-electron chi connectivity index (χ3n) is 5.40. The number of aromatic nitrogens is 1. The smallest absolute Gasteiger partial charge is 0.268 e. The molecule has 1 fully saturated rings. The van der Waals surface area contributed by atoms with Gasteiger partial charge in [-0.25, -0.2) is 12.4 Å². The Morgan fingerprint density at radius 1 is 1.09 bits per heavy atom. The van der Waals surface area contributed by atoms with Crippen molar-refractivity contribution in [3.63, 3.8) is 0 Å². The summed E-state index contributed by atoms with van der Waals surface area (Å²) in [5, 5.41) is 10.2. The second-order valence-electron chi connectivity index (χ2n) is 7.87. The Morgan fingerprint density at radius 3 is 2.42 bits per heavy atom. The van der Waals surface area contributed by atoms with E-state index in [1.165, 1.54) is 18.3 Å². The van der Waals surface area contributed by atoms with E-state index in [1.807, 2.05) is 12.1 Å². The third kappa shape index (κ3) is 4.23. The molecule has 0 N–H and O–H groups in total. The van der Waals surface area contributed by atoms with Crippen LogP contribution in [0.3, 0.4) is 0 Å². The fourth-order valence-corrected chi connectivity index (χ4v) is 5.44. The average Bonchev–Trinajstić information content (AvgIpc) is 3.23. The molecule has 9 heteroatoms. The molecule has 0 bridgehead atoms. The lowest BCUT2D eigenvalue weighted by molar-refractivity contribution is 0.103. The number of fused-ring (bicyclic) bond motifs is 1. The topological polar surface area (TPSA) is 95.6 Å². The van der Waals surface area contributed by atoms with Crippen molar-refractivity contribution in [1.29, 1.82) is 5.26 Å². The van der Waals surface area contributed by atoms with Crippen molar-refractivity contribution in [2.75, 3.05) is 45.3 Å². The van der Waals surface area contributed by atoms with E-state index in [0.29, 0.717) is 37.2 Å². The van der Waals surface area contributed by atoms with Crippen LogP contribution in [0.1, 0.15) is 10.5 Å². The molecule has 0 unspecified atom stereocenters. The van der Waals surface area contributed by atoms with E-state index in [0.717, 1.165) is 9.66 Å². The van der Waals surface area contributed by atoms with Crippen LogP contribution in [0.4, 0.5) is 5.69 Å². The molecule has 1 saturated heterocycles. The Hall–Kier alpha value is -3.61. The van der Waals surface area contributed by atoms with Crippen molar-refractivity contribution in [3.8, 4) is 6.07 Å². The highest BCUT2D eigenvalue weighted by Gasteiger charge is 2.29. The lowest BCUT2D eigenvalue weighted by atomic mass is 10.1. The van der Waals surface area contributed by atoms with Gasteiger partial charge in [-0.3, -0.25) is 4.79 Å². The van der Waals surface area contributed by atoms with Crippen LogP contribution in [0.25, 0.3) is 10.9 Å². The van der Waals surface area contributed by atoms with Gasteiger partial charge in [0.2, 0.25) is 5.78 Å². The van der Waals surface area contributed by atoms with Gasteiger partial charge >= 0.3 is 0 Å². The van der Waals surface area contributed by atoms with Gasteiger partial charge in [-0.1, -0.05) is 24.3 Å². The molecule has 3 aromatic rings. The molecule has 2 aromatic carbocycles. The number of nitriles is 1. The zero-order valence-electron chi connectivity index (χ0n) is 18.4. The number of hydrogen-bond donors (Lipinski definition) is 0. The van der Waals surface area contributed by atoms with E-state index in [9.17, 15) is 18.5 Å². The first kappa shape index (κ1) is 22.6. The maximum atomic E-state index is 13.7. The summed E-state index contributed by atoms with van der Waals surface area (Å²) in [6, 6.07) is 16.8. The van der Waals surface area contributed by atoms with E-state index in [1.54, 1.807) is 55.4 Å². The monoisotopic (exact) mass is 464 g/mol. The minimum Gasteiger partial charge on any atom is -0.382 e. The normalized spacial score (nSPS) is 14.8. The maximum Gasteiger partial charge on any atom is 0.268 e.